The predicted molar refractivity (Wildman–Crippen MR) is 126 cm³/mol. The Morgan fingerprint density at radius 1 is 1.15 bits per heavy atom. The van der Waals surface area contributed by atoms with E-state index in [1.807, 2.05) is 35.9 Å². The SMILES string of the molecule is COc1cc(C=C2CCCN3C2=NOCC[C@H]3c2cc(F)cc(F)c2)ccc1-n1cnc(C)c1. The fourth-order valence-electron chi connectivity index (χ4n) is 4.69. The molecule has 0 N–H and O–H groups in total. The Hall–Kier alpha value is -3.68. The average Bonchev–Trinajstić information content (AvgIpc) is 3.12. The van der Waals surface area contributed by atoms with Crippen molar-refractivity contribution in [1.82, 2.24) is 14.5 Å². The van der Waals surface area contributed by atoms with E-state index in [1.165, 1.54) is 12.1 Å². The molecule has 34 heavy (non-hydrogen) atoms. The molecule has 2 aliphatic rings. The summed E-state index contributed by atoms with van der Waals surface area (Å²) in [5, 5.41) is 4.40. The zero-order valence-corrected chi connectivity index (χ0v) is 19.2. The van der Waals surface area contributed by atoms with E-state index >= 15 is 0 Å². The fraction of sp³-hybridized carbons (Fsp3) is 0.308. The van der Waals surface area contributed by atoms with Crippen LogP contribution in [0.2, 0.25) is 0 Å². The molecule has 1 atom stereocenters. The smallest absolute Gasteiger partial charge is 0.171 e. The Bertz CT molecular complexity index is 1250. The van der Waals surface area contributed by atoms with Crippen LogP contribution in [0.25, 0.3) is 11.8 Å². The van der Waals surface area contributed by atoms with E-state index in [2.05, 4.69) is 21.1 Å². The number of hydrogen-bond donors (Lipinski definition) is 0. The molecule has 0 bridgehead atoms. The molecule has 2 aromatic carbocycles. The van der Waals surface area contributed by atoms with Gasteiger partial charge in [-0.25, -0.2) is 13.8 Å². The quantitative estimate of drug-likeness (QED) is 0.517. The highest BCUT2D eigenvalue weighted by molar-refractivity contribution is 6.02. The van der Waals surface area contributed by atoms with Crippen molar-refractivity contribution >= 4 is 11.9 Å². The van der Waals surface area contributed by atoms with Crippen molar-refractivity contribution in [3.8, 4) is 11.4 Å². The number of rotatable bonds is 4. The van der Waals surface area contributed by atoms with Gasteiger partial charge in [-0.15, -0.1) is 0 Å². The summed E-state index contributed by atoms with van der Waals surface area (Å²) in [5.74, 6) is 0.289. The third-order valence-electron chi connectivity index (χ3n) is 6.22. The molecule has 8 heteroatoms. The second-order valence-electron chi connectivity index (χ2n) is 8.58. The summed E-state index contributed by atoms with van der Waals surface area (Å²) in [6.45, 7) is 3.06. The molecular formula is C26H26F2N4O2. The molecular weight excluding hydrogens is 438 g/mol. The van der Waals surface area contributed by atoms with Gasteiger partial charge in [0.25, 0.3) is 0 Å². The highest BCUT2D eigenvalue weighted by Crippen LogP contribution is 2.35. The molecule has 0 radical (unpaired) electrons. The Morgan fingerprint density at radius 2 is 1.97 bits per heavy atom. The van der Waals surface area contributed by atoms with Gasteiger partial charge in [0.1, 0.15) is 24.0 Å². The van der Waals surface area contributed by atoms with E-state index < -0.39 is 11.6 Å². The summed E-state index contributed by atoms with van der Waals surface area (Å²) < 4.78 is 35.5. The number of ether oxygens (including phenoxy) is 1. The first-order valence-electron chi connectivity index (χ1n) is 11.3. The number of halogens is 2. The Labute approximate surface area is 197 Å². The van der Waals surface area contributed by atoms with Crippen LogP contribution in [-0.4, -0.2) is 40.5 Å². The van der Waals surface area contributed by atoms with E-state index in [4.69, 9.17) is 9.57 Å². The Morgan fingerprint density at radius 3 is 2.71 bits per heavy atom. The number of imidazole rings is 1. The van der Waals surface area contributed by atoms with E-state index in [9.17, 15) is 8.78 Å². The topological polar surface area (TPSA) is 51.9 Å². The summed E-state index contributed by atoms with van der Waals surface area (Å²) in [5.41, 5.74) is 4.41. The number of oxime groups is 1. The van der Waals surface area contributed by atoms with E-state index in [-0.39, 0.29) is 6.04 Å². The maximum Gasteiger partial charge on any atom is 0.171 e. The van der Waals surface area contributed by atoms with Crippen LogP contribution in [0.5, 0.6) is 5.75 Å². The normalized spacial score (nSPS) is 19.3. The molecule has 3 heterocycles. The number of amidine groups is 1. The minimum absolute atomic E-state index is 0.212. The third kappa shape index (κ3) is 4.40. The Kier molecular flexibility index (Phi) is 6.04. The minimum atomic E-state index is -0.577. The van der Waals surface area contributed by atoms with E-state index in [0.717, 1.165) is 53.7 Å². The standard InChI is InChI=1S/C26H26F2N4O2/c1-17-15-31(16-29-17)24-6-5-18(11-25(24)33-2)10-19-4-3-8-32-23(7-9-34-30-26(19)32)20-12-21(27)14-22(28)13-20/h5-6,10-16,23H,3-4,7-9H2,1-2H3/t23-/m0/s1. The maximum absolute atomic E-state index is 14.0. The number of hydrogen-bond acceptors (Lipinski definition) is 5. The Balaban J connectivity index is 1.48. The third-order valence-corrected chi connectivity index (χ3v) is 6.22. The summed E-state index contributed by atoms with van der Waals surface area (Å²) in [7, 11) is 1.65. The number of nitrogens with zero attached hydrogens (tertiary/aromatic N) is 4. The first-order chi connectivity index (χ1) is 16.5. The lowest BCUT2D eigenvalue weighted by Gasteiger charge is -2.36. The van der Waals surface area contributed by atoms with Crippen LogP contribution in [0, 0.1) is 18.6 Å². The summed E-state index contributed by atoms with van der Waals surface area (Å²) >= 11 is 0. The average molecular weight is 465 g/mol. The van der Waals surface area contributed by atoms with Crippen molar-refractivity contribution in [1.29, 1.82) is 0 Å². The van der Waals surface area contributed by atoms with Crippen molar-refractivity contribution < 1.29 is 18.4 Å². The van der Waals surface area contributed by atoms with Crippen molar-refractivity contribution in [2.24, 2.45) is 5.16 Å². The summed E-state index contributed by atoms with van der Waals surface area (Å²) in [6, 6.07) is 9.49. The molecule has 0 spiro atoms. The summed E-state index contributed by atoms with van der Waals surface area (Å²) in [6.07, 6.45) is 8.11. The molecule has 0 aliphatic carbocycles. The van der Waals surface area contributed by atoms with Gasteiger partial charge < -0.3 is 19.0 Å². The van der Waals surface area contributed by atoms with Gasteiger partial charge in [-0.3, -0.25) is 0 Å². The molecule has 3 aromatic rings. The van der Waals surface area contributed by atoms with Crippen molar-refractivity contribution in [2.45, 2.75) is 32.2 Å². The zero-order valence-electron chi connectivity index (χ0n) is 19.2. The van der Waals surface area contributed by atoms with Crippen LogP contribution in [0.4, 0.5) is 8.78 Å². The van der Waals surface area contributed by atoms with E-state index in [1.54, 1.807) is 13.4 Å². The lowest BCUT2D eigenvalue weighted by atomic mass is 9.95. The van der Waals surface area contributed by atoms with Crippen LogP contribution in [0.1, 0.15) is 42.1 Å². The van der Waals surface area contributed by atoms with Gasteiger partial charge in [0.2, 0.25) is 0 Å². The highest BCUT2D eigenvalue weighted by Gasteiger charge is 2.32. The van der Waals surface area contributed by atoms with Crippen LogP contribution in [-0.2, 0) is 4.84 Å². The number of aryl methyl sites for hydroxylation is 1. The lowest BCUT2D eigenvalue weighted by molar-refractivity contribution is 0.140. The number of methoxy groups -OCH3 is 1. The molecule has 5 rings (SSSR count). The second-order valence-corrected chi connectivity index (χ2v) is 8.58. The molecule has 0 amide bonds. The molecule has 1 fully saturated rings. The van der Waals surface area contributed by atoms with Crippen molar-refractivity contribution in [3.63, 3.8) is 0 Å². The van der Waals surface area contributed by atoms with Gasteiger partial charge in [-0.1, -0.05) is 11.2 Å². The van der Waals surface area contributed by atoms with Gasteiger partial charge in [0.05, 0.1) is 30.9 Å². The number of benzene rings is 2. The molecule has 176 valence electrons. The van der Waals surface area contributed by atoms with Crippen molar-refractivity contribution in [2.75, 3.05) is 20.3 Å². The zero-order chi connectivity index (χ0) is 23.7. The first-order valence-corrected chi connectivity index (χ1v) is 11.3. The molecule has 0 saturated carbocycles. The molecule has 2 aliphatic heterocycles. The second kappa shape index (κ2) is 9.29. The predicted octanol–water partition coefficient (Wildman–Crippen LogP) is 5.42. The maximum atomic E-state index is 14.0. The van der Waals surface area contributed by atoms with E-state index in [0.29, 0.717) is 24.4 Å². The van der Waals surface area contributed by atoms with Crippen LogP contribution in [0.15, 0.2) is 59.7 Å². The number of aromatic nitrogens is 2. The summed E-state index contributed by atoms with van der Waals surface area (Å²) in [4.78, 5) is 12.0. The van der Waals surface area contributed by atoms with Crippen LogP contribution >= 0.6 is 0 Å². The number of fused-ring (bicyclic) bond motifs is 1. The molecule has 1 saturated heterocycles. The first kappa shape index (κ1) is 22.1. The largest absolute Gasteiger partial charge is 0.495 e. The van der Waals surface area contributed by atoms with Gasteiger partial charge in [0.15, 0.2) is 5.84 Å². The van der Waals surface area contributed by atoms with Crippen LogP contribution < -0.4 is 4.74 Å². The fourth-order valence-corrected chi connectivity index (χ4v) is 4.69. The lowest BCUT2D eigenvalue weighted by Crippen LogP contribution is -2.39. The monoisotopic (exact) mass is 464 g/mol. The van der Waals surface area contributed by atoms with Gasteiger partial charge in [-0.05, 0) is 66.8 Å². The molecule has 0 unspecified atom stereocenters. The van der Waals surface area contributed by atoms with Gasteiger partial charge in [-0.2, -0.15) is 0 Å². The highest BCUT2D eigenvalue weighted by atomic mass is 19.1. The van der Waals surface area contributed by atoms with Gasteiger partial charge >= 0.3 is 0 Å². The van der Waals surface area contributed by atoms with Gasteiger partial charge in [0, 0.05) is 25.2 Å². The van der Waals surface area contributed by atoms with Crippen molar-refractivity contribution in [3.05, 3.63) is 83.0 Å². The minimum Gasteiger partial charge on any atom is -0.495 e. The van der Waals surface area contributed by atoms with Crippen LogP contribution in [0.3, 0.4) is 0 Å². The molecule has 6 nitrogen and oxygen atoms in total. The molecule has 1 aromatic heterocycles. The number of piperidine rings is 1.